The van der Waals surface area contributed by atoms with Gasteiger partial charge in [0.05, 0.1) is 18.2 Å². The van der Waals surface area contributed by atoms with E-state index in [1.54, 1.807) is 12.4 Å². The zero-order chi connectivity index (χ0) is 29.4. The minimum atomic E-state index is -5.08. The van der Waals surface area contributed by atoms with Gasteiger partial charge in [-0.15, -0.1) is 0 Å². The van der Waals surface area contributed by atoms with Crippen LogP contribution in [0.5, 0.6) is 5.88 Å². The number of pyridine rings is 2. The molecule has 1 aliphatic heterocycles. The highest BCUT2D eigenvalue weighted by Crippen LogP contribution is 2.33. The molecule has 2 N–H and O–H groups in total. The summed E-state index contributed by atoms with van der Waals surface area (Å²) < 4.78 is 75.4. The molecule has 4 rings (SSSR count). The number of carboxylic acid groups (broad SMARTS) is 2. The van der Waals surface area contributed by atoms with Gasteiger partial charge in [-0.1, -0.05) is 6.07 Å². The summed E-state index contributed by atoms with van der Waals surface area (Å²) in [6.07, 6.45) is -5.28. The Labute approximate surface area is 217 Å². The first-order valence-electron chi connectivity index (χ1n) is 11.1. The molecule has 0 unspecified atom stereocenters. The fourth-order valence-corrected chi connectivity index (χ4v) is 3.63. The van der Waals surface area contributed by atoms with Gasteiger partial charge in [0.2, 0.25) is 5.88 Å². The van der Waals surface area contributed by atoms with Crippen LogP contribution in [-0.2, 0) is 14.3 Å². The Hall–Kier alpha value is -3.95. The van der Waals surface area contributed by atoms with Crippen LogP contribution in [0.3, 0.4) is 0 Å². The number of aliphatic carboxylic acids is 2. The van der Waals surface area contributed by atoms with Crippen LogP contribution in [0, 0.1) is 6.92 Å². The summed E-state index contributed by atoms with van der Waals surface area (Å²) in [4.78, 5) is 41.1. The van der Waals surface area contributed by atoms with Gasteiger partial charge < -0.3 is 24.6 Å². The smallest absolute Gasteiger partial charge is 0.475 e. The molecule has 1 aliphatic carbocycles. The van der Waals surface area contributed by atoms with Gasteiger partial charge >= 0.3 is 24.3 Å². The van der Waals surface area contributed by atoms with Crippen molar-refractivity contribution >= 4 is 17.8 Å². The first kappa shape index (κ1) is 31.3. The van der Waals surface area contributed by atoms with E-state index in [1.807, 2.05) is 42.2 Å². The number of morpholine rings is 1. The minimum Gasteiger partial charge on any atom is -0.475 e. The van der Waals surface area contributed by atoms with Crippen LogP contribution < -0.4 is 4.74 Å². The molecule has 16 heteroatoms. The van der Waals surface area contributed by atoms with E-state index in [2.05, 4.69) is 9.97 Å². The van der Waals surface area contributed by atoms with Crippen LogP contribution in [-0.4, -0.2) is 86.7 Å². The van der Waals surface area contributed by atoms with Gasteiger partial charge in [-0.05, 0) is 38.0 Å². The van der Waals surface area contributed by atoms with Crippen molar-refractivity contribution in [1.82, 2.24) is 14.9 Å². The molecule has 1 amide bonds. The molecule has 0 radical (unpaired) electrons. The van der Waals surface area contributed by atoms with Gasteiger partial charge in [-0.25, -0.2) is 14.6 Å². The van der Waals surface area contributed by atoms with E-state index >= 15 is 0 Å². The van der Waals surface area contributed by atoms with E-state index in [-0.39, 0.29) is 24.2 Å². The largest absolute Gasteiger partial charge is 0.490 e. The zero-order valence-electron chi connectivity index (χ0n) is 20.1. The van der Waals surface area contributed by atoms with Crippen molar-refractivity contribution < 1.29 is 60.4 Å². The topological polar surface area (TPSA) is 139 Å². The number of fused-ring (bicyclic) bond motifs is 1. The Kier molecular flexibility index (Phi) is 10.6. The van der Waals surface area contributed by atoms with E-state index in [0.717, 1.165) is 18.5 Å². The van der Waals surface area contributed by atoms with Crippen LogP contribution in [0.2, 0.25) is 0 Å². The van der Waals surface area contributed by atoms with Gasteiger partial charge in [0.15, 0.2) is 0 Å². The third kappa shape index (κ3) is 9.38. The van der Waals surface area contributed by atoms with Gasteiger partial charge in [0.1, 0.15) is 12.2 Å². The van der Waals surface area contributed by atoms with Gasteiger partial charge in [-0.3, -0.25) is 9.78 Å². The fraction of sp³-hybridized carbons (Fsp3) is 0.435. The van der Waals surface area contributed by atoms with Crippen LogP contribution in [0.15, 0.2) is 42.7 Å². The summed E-state index contributed by atoms with van der Waals surface area (Å²) >= 11 is 0. The standard InChI is InChI=1S/C19H21N3O3.2C2HF3O2/c1-13-5-6-14(12-21-13)19(23)22-10-11-24-18-15(22)7-8-16(18)25-17-4-2-3-9-20-17;2*3-2(4,5)1(6)7/h2-6,9,12,15-16,18H,7-8,10-11H2,1H3;2*(H,6,7)/t15-,16+,18+;;/m0../s1. The molecule has 1 saturated heterocycles. The first-order chi connectivity index (χ1) is 18.1. The van der Waals surface area contributed by atoms with Crippen molar-refractivity contribution in [2.24, 2.45) is 0 Å². The summed E-state index contributed by atoms with van der Waals surface area (Å²) in [7, 11) is 0. The van der Waals surface area contributed by atoms with E-state index in [1.165, 1.54) is 0 Å². The van der Waals surface area contributed by atoms with E-state index in [4.69, 9.17) is 29.3 Å². The Morgan fingerprint density at radius 2 is 1.59 bits per heavy atom. The van der Waals surface area contributed by atoms with Crippen molar-refractivity contribution in [3.63, 3.8) is 0 Å². The maximum Gasteiger partial charge on any atom is 0.490 e. The third-order valence-corrected chi connectivity index (χ3v) is 5.35. The number of carbonyl (C=O) groups is 3. The lowest BCUT2D eigenvalue weighted by Crippen LogP contribution is -2.54. The van der Waals surface area contributed by atoms with Gasteiger partial charge in [0, 0.05) is 30.7 Å². The lowest BCUT2D eigenvalue weighted by Gasteiger charge is -2.38. The Balaban J connectivity index is 0.000000317. The second kappa shape index (κ2) is 13.2. The number of carboxylic acids is 2. The highest BCUT2D eigenvalue weighted by molar-refractivity contribution is 5.94. The van der Waals surface area contributed by atoms with Crippen molar-refractivity contribution in [2.75, 3.05) is 13.2 Å². The summed E-state index contributed by atoms with van der Waals surface area (Å²) in [5, 5.41) is 14.2. The fourth-order valence-electron chi connectivity index (χ4n) is 3.63. The number of carbonyl (C=O) groups excluding carboxylic acids is 1. The summed E-state index contributed by atoms with van der Waals surface area (Å²) in [5.74, 6) is -4.90. The average Bonchev–Trinajstić information content (AvgIpc) is 3.27. The van der Waals surface area contributed by atoms with Crippen LogP contribution in [0.25, 0.3) is 0 Å². The minimum absolute atomic E-state index is 0.0179. The number of amides is 1. The number of alkyl halides is 6. The number of rotatable bonds is 3. The second-order valence-corrected chi connectivity index (χ2v) is 8.10. The highest BCUT2D eigenvalue weighted by atomic mass is 19.4. The predicted octanol–water partition coefficient (Wildman–Crippen LogP) is 3.50. The van der Waals surface area contributed by atoms with E-state index < -0.39 is 24.3 Å². The highest BCUT2D eigenvalue weighted by Gasteiger charge is 2.46. The zero-order valence-corrected chi connectivity index (χ0v) is 20.1. The lowest BCUT2D eigenvalue weighted by atomic mass is 10.1. The van der Waals surface area contributed by atoms with Crippen LogP contribution >= 0.6 is 0 Å². The van der Waals surface area contributed by atoms with Crippen molar-refractivity contribution in [1.29, 1.82) is 0 Å². The summed E-state index contributed by atoms with van der Waals surface area (Å²) in [5.41, 5.74) is 1.53. The Bertz CT molecular complexity index is 1090. The van der Waals surface area contributed by atoms with E-state index in [0.29, 0.717) is 24.6 Å². The molecule has 3 heterocycles. The maximum atomic E-state index is 12.9. The molecule has 2 aromatic heterocycles. The number of aryl methyl sites for hydroxylation is 1. The molecule has 0 spiro atoms. The summed E-state index contributed by atoms with van der Waals surface area (Å²) in [6, 6.07) is 9.35. The van der Waals surface area contributed by atoms with Crippen molar-refractivity contribution in [3.8, 4) is 5.88 Å². The molecular weight excluding hydrogens is 544 g/mol. The number of nitrogens with zero attached hydrogens (tertiary/aromatic N) is 3. The molecular formula is C23H23F6N3O7. The number of aromatic nitrogens is 2. The van der Waals surface area contributed by atoms with Gasteiger partial charge in [-0.2, -0.15) is 26.3 Å². The van der Waals surface area contributed by atoms with Gasteiger partial charge in [0.25, 0.3) is 5.91 Å². The van der Waals surface area contributed by atoms with Crippen LogP contribution in [0.4, 0.5) is 26.3 Å². The first-order valence-corrected chi connectivity index (χ1v) is 11.1. The Morgan fingerprint density at radius 3 is 2.08 bits per heavy atom. The third-order valence-electron chi connectivity index (χ3n) is 5.35. The predicted molar refractivity (Wildman–Crippen MR) is 119 cm³/mol. The molecule has 1 saturated carbocycles. The van der Waals surface area contributed by atoms with Crippen molar-refractivity contribution in [3.05, 3.63) is 54.0 Å². The lowest BCUT2D eigenvalue weighted by molar-refractivity contribution is -0.193. The monoisotopic (exact) mass is 567 g/mol. The van der Waals surface area contributed by atoms with Crippen LogP contribution in [0.1, 0.15) is 28.9 Å². The Morgan fingerprint density at radius 1 is 0.974 bits per heavy atom. The molecule has 214 valence electrons. The molecule has 0 bridgehead atoms. The molecule has 10 nitrogen and oxygen atoms in total. The SMILES string of the molecule is Cc1ccc(C(=O)N2CCO[C@H]3[C@H](Oc4ccccn4)CC[C@@H]32)cn1.O=C(O)C(F)(F)F.O=C(O)C(F)(F)F. The van der Waals surface area contributed by atoms with Crippen molar-refractivity contribution in [2.45, 2.75) is 50.4 Å². The van der Waals surface area contributed by atoms with E-state index in [9.17, 15) is 31.1 Å². The average molecular weight is 567 g/mol. The molecule has 2 aliphatic rings. The second-order valence-electron chi connectivity index (χ2n) is 8.10. The number of hydrogen-bond donors (Lipinski definition) is 2. The molecule has 0 aromatic carbocycles. The maximum absolute atomic E-state index is 12.9. The quantitative estimate of drug-likeness (QED) is 0.534. The molecule has 2 aromatic rings. The number of ether oxygens (including phenoxy) is 2. The number of hydrogen-bond acceptors (Lipinski definition) is 7. The summed E-state index contributed by atoms with van der Waals surface area (Å²) in [6.45, 7) is 3.04. The normalized spacial score (nSPS) is 20.4. The molecule has 3 atom stereocenters. The molecule has 2 fully saturated rings. The molecule has 39 heavy (non-hydrogen) atoms. The number of halogens is 6.